The number of carboxylic acid groups (broad SMARTS) is 1. The summed E-state index contributed by atoms with van der Waals surface area (Å²) in [5.41, 5.74) is 0. The van der Waals surface area contributed by atoms with Crippen LogP contribution < -0.4 is 0 Å². The van der Waals surface area contributed by atoms with Crippen LogP contribution in [-0.4, -0.2) is 86.1 Å². The smallest absolute Gasteiger partial charge is 0.372 e. The van der Waals surface area contributed by atoms with Crippen LogP contribution in [0.2, 0.25) is 0 Å². The van der Waals surface area contributed by atoms with E-state index in [2.05, 4.69) is 0 Å². The van der Waals surface area contributed by atoms with Crippen LogP contribution in [0, 0.1) is 0 Å². The lowest BCUT2D eigenvalue weighted by atomic mass is 10.3. The molecule has 0 fully saturated rings. The molecule has 0 aliphatic heterocycles. The van der Waals surface area contributed by atoms with E-state index in [1.54, 1.807) is 0 Å². The lowest BCUT2D eigenvalue weighted by Crippen LogP contribution is -2.15. The molecule has 116 valence electrons. The SMILES string of the molecule is CCC(=O)C(=O)O.OCC(O)CO.OCC(O)CO. The molecule has 0 unspecified atom stereocenters. The minimum absolute atomic E-state index is 0.0787. The second-order valence-electron chi connectivity index (χ2n) is 3.12. The third kappa shape index (κ3) is 22.5. The van der Waals surface area contributed by atoms with E-state index >= 15 is 0 Å². The summed E-state index contributed by atoms with van der Waals surface area (Å²) in [4.78, 5) is 19.5. The minimum Gasteiger partial charge on any atom is -0.476 e. The van der Waals surface area contributed by atoms with E-state index in [0.29, 0.717) is 0 Å². The first-order valence-electron chi connectivity index (χ1n) is 5.36. The maximum atomic E-state index is 9.91. The van der Waals surface area contributed by atoms with Gasteiger partial charge < -0.3 is 35.7 Å². The van der Waals surface area contributed by atoms with E-state index in [9.17, 15) is 9.59 Å². The van der Waals surface area contributed by atoms with Crippen LogP contribution in [0.5, 0.6) is 0 Å². The fraction of sp³-hybridized carbons (Fsp3) is 0.800. The summed E-state index contributed by atoms with van der Waals surface area (Å²) in [6.45, 7) is 0.0520. The highest BCUT2D eigenvalue weighted by molar-refractivity contribution is 6.32. The number of hydrogen-bond donors (Lipinski definition) is 7. The fourth-order valence-corrected chi connectivity index (χ4v) is 0.267. The Labute approximate surface area is 110 Å². The van der Waals surface area contributed by atoms with Crippen molar-refractivity contribution in [1.29, 1.82) is 0 Å². The number of carbonyl (C=O) groups is 2. The molecule has 0 rings (SSSR count). The van der Waals surface area contributed by atoms with E-state index in [-0.39, 0.29) is 32.8 Å². The van der Waals surface area contributed by atoms with Crippen molar-refractivity contribution in [3.05, 3.63) is 0 Å². The molecule has 0 bridgehead atoms. The van der Waals surface area contributed by atoms with Crippen molar-refractivity contribution in [1.82, 2.24) is 0 Å². The Kier molecular flexibility index (Phi) is 20.5. The molecule has 0 aromatic heterocycles. The molecule has 0 radical (unpaired) electrons. The molecule has 0 aromatic carbocycles. The van der Waals surface area contributed by atoms with Gasteiger partial charge in [-0.05, 0) is 0 Å². The standard InChI is InChI=1S/C4H6O3.2C3H8O3/c1-2-3(5)4(6)7;2*4-1-3(6)2-5/h2H2,1H3,(H,6,7);2*3-6H,1-2H2. The molecule has 0 aliphatic rings. The van der Waals surface area contributed by atoms with Crippen molar-refractivity contribution >= 4 is 11.8 Å². The molecule has 9 heteroatoms. The van der Waals surface area contributed by atoms with E-state index in [1.807, 2.05) is 0 Å². The second-order valence-corrected chi connectivity index (χ2v) is 3.12. The van der Waals surface area contributed by atoms with Crippen LogP contribution in [-0.2, 0) is 9.59 Å². The van der Waals surface area contributed by atoms with Gasteiger partial charge >= 0.3 is 5.97 Å². The average molecular weight is 286 g/mol. The van der Waals surface area contributed by atoms with Crippen molar-refractivity contribution in [3.63, 3.8) is 0 Å². The van der Waals surface area contributed by atoms with Gasteiger partial charge in [0, 0.05) is 6.42 Å². The summed E-state index contributed by atoms with van der Waals surface area (Å²) in [5, 5.41) is 55.9. The predicted molar refractivity (Wildman–Crippen MR) is 63.3 cm³/mol. The first-order valence-corrected chi connectivity index (χ1v) is 5.36. The van der Waals surface area contributed by atoms with Crippen LogP contribution in [0.25, 0.3) is 0 Å². The first-order chi connectivity index (χ1) is 8.80. The number of ketones is 1. The maximum absolute atomic E-state index is 9.91. The van der Waals surface area contributed by atoms with Crippen LogP contribution in [0.1, 0.15) is 13.3 Å². The van der Waals surface area contributed by atoms with E-state index in [4.69, 9.17) is 35.7 Å². The highest BCUT2D eigenvalue weighted by atomic mass is 16.4. The normalized spacial score (nSPS) is 9.32. The number of hydrogen-bond acceptors (Lipinski definition) is 8. The number of aliphatic carboxylic acids is 1. The molecular weight excluding hydrogens is 264 g/mol. The van der Waals surface area contributed by atoms with Gasteiger partial charge in [-0.3, -0.25) is 4.79 Å². The highest BCUT2D eigenvalue weighted by Crippen LogP contribution is 1.76. The zero-order valence-corrected chi connectivity index (χ0v) is 10.6. The van der Waals surface area contributed by atoms with Gasteiger partial charge in [-0.2, -0.15) is 0 Å². The Morgan fingerprint density at radius 2 is 1.11 bits per heavy atom. The summed E-state index contributed by atoms with van der Waals surface area (Å²) in [5.74, 6) is -2.08. The number of carboxylic acids is 1. The van der Waals surface area contributed by atoms with Crippen molar-refractivity contribution < 1.29 is 45.3 Å². The van der Waals surface area contributed by atoms with Crippen LogP contribution in [0.4, 0.5) is 0 Å². The molecule has 0 aliphatic carbocycles. The van der Waals surface area contributed by atoms with Gasteiger partial charge in [-0.25, -0.2) is 4.79 Å². The first kappa shape index (κ1) is 23.0. The zero-order chi connectivity index (χ0) is 15.8. The van der Waals surface area contributed by atoms with Crippen LogP contribution >= 0.6 is 0 Å². The van der Waals surface area contributed by atoms with Crippen molar-refractivity contribution in [3.8, 4) is 0 Å². The van der Waals surface area contributed by atoms with Crippen molar-refractivity contribution in [2.45, 2.75) is 25.6 Å². The van der Waals surface area contributed by atoms with Gasteiger partial charge in [-0.15, -0.1) is 0 Å². The second kappa shape index (κ2) is 16.9. The summed E-state index contributed by atoms with van der Waals surface area (Å²) >= 11 is 0. The molecule has 0 saturated heterocycles. The summed E-state index contributed by atoms with van der Waals surface area (Å²) in [7, 11) is 0. The number of aliphatic hydroxyl groups excluding tert-OH is 6. The monoisotopic (exact) mass is 286 g/mol. The number of aliphatic hydroxyl groups is 6. The number of carbonyl (C=O) groups excluding carboxylic acids is 1. The summed E-state index contributed by atoms with van der Waals surface area (Å²) in [6.07, 6.45) is -1.83. The molecule has 0 spiro atoms. The van der Waals surface area contributed by atoms with Gasteiger partial charge in [0.1, 0.15) is 12.2 Å². The highest BCUT2D eigenvalue weighted by Gasteiger charge is 2.05. The summed E-state index contributed by atoms with van der Waals surface area (Å²) in [6, 6.07) is 0. The summed E-state index contributed by atoms with van der Waals surface area (Å²) < 4.78 is 0. The van der Waals surface area contributed by atoms with Crippen LogP contribution in [0.15, 0.2) is 0 Å². The van der Waals surface area contributed by atoms with Gasteiger partial charge in [0.15, 0.2) is 0 Å². The molecule has 9 nitrogen and oxygen atoms in total. The third-order valence-corrected chi connectivity index (χ3v) is 1.40. The number of rotatable bonds is 6. The Morgan fingerprint density at radius 3 is 1.11 bits per heavy atom. The number of Topliss-reactive ketones (excluding diaryl/α,β-unsaturated/α-hetero) is 1. The van der Waals surface area contributed by atoms with E-state index in [0.717, 1.165) is 0 Å². The van der Waals surface area contributed by atoms with Gasteiger partial charge in [0.2, 0.25) is 5.78 Å². The maximum Gasteiger partial charge on any atom is 0.372 e. The largest absolute Gasteiger partial charge is 0.476 e. The predicted octanol–water partition coefficient (Wildman–Crippen LogP) is -3.29. The van der Waals surface area contributed by atoms with Gasteiger partial charge in [0.25, 0.3) is 0 Å². The average Bonchev–Trinajstić information content (AvgIpc) is 2.45. The molecule has 0 heterocycles. The van der Waals surface area contributed by atoms with Gasteiger partial charge in [0.05, 0.1) is 26.4 Å². The minimum atomic E-state index is -1.34. The Bertz CT molecular complexity index is 201. The molecule has 7 N–H and O–H groups in total. The topological polar surface area (TPSA) is 176 Å². The fourth-order valence-electron chi connectivity index (χ4n) is 0.267. The molecule has 0 amide bonds. The Morgan fingerprint density at radius 1 is 0.842 bits per heavy atom. The van der Waals surface area contributed by atoms with Gasteiger partial charge in [-0.1, -0.05) is 6.92 Å². The van der Waals surface area contributed by atoms with Crippen molar-refractivity contribution in [2.75, 3.05) is 26.4 Å². The lowest BCUT2D eigenvalue weighted by Gasteiger charge is -1.96. The Hall–Kier alpha value is -1.10. The zero-order valence-electron chi connectivity index (χ0n) is 10.6. The van der Waals surface area contributed by atoms with Crippen molar-refractivity contribution in [2.24, 2.45) is 0 Å². The Balaban J connectivity index is -0.000000203. The third-order valence-electron chi connectivity index (χ3n) is 1.40. The molecule has 0 saturated carbocycles. The van der Waals surface area contributed by atoms with E-state index in [1.165, 1.54) is 6.92 Å². The van der Waals surface area contributed by atoms with E-state index < -0.39 is 24.0 Å². The molecule has 19 heavy (non-hydrogen) atoms. The molecule has 0 atom stereocenters. The quantitative estimate of drug-likeness (QED) is 0.247. The molecular formula is C10H22O9. The molecule has 0 aromatic rings. The lowest BCUT2D eigenvalue weighted by molar-refractivity contribution is -0.148. The van der Waals surface area contributed by atoms with Crippen LogP contribution in [0.3, 0.4) is 0 Å².